The Bertz CT molecular complexity index is 1100. The predicted molar refractivity (Wildman–Crippen MR) is 110 cm³/mol. The van der Waals surface area contributed by atoms with Gasteiger partial charge in [-0.1, -0.05) is 19.3 Å². The highest BCUT2D eigenvalue weighted by molar-refractivity contribution is 5.80. The van der Waals surface area contributed by atoms with Crippen LogP contribution in [-0.2, 0) is 17.8 Å². The summed E-state index contributed by atoms with van der Waals surface area (Å²) in [5.74, 6) is 0.757. The molecule has 1 saturated heterocycles. The summed E-state index contributed by atoms with van der Waals surface area (Å²) in [6.07, 6.45) is 12.3. The molecule has 0 unspecified atom stereocenters. The fourth-order valence-electron chi connectivity index (χ4n) is 4.78. The predicted octanol–water partition coefficient (Wildman–Crippen LogP) is 2.47. The molecular formula is C22H25N5O2. The molecule has 0 radical (unpaired) electrons. The third kappa shape index (κ3) is 3.57. The minimum atomic E-state index is -0.237. The second-order valence-corrected chi connectivity index (χ2v) is 8.55. The van der Waals surface area contributed by atoms with E-state index in [1.165, 1.54) is 42.9 Å². The van der Waals surface area contributed by atoms with Crippen LogP contribution in [0.2, 0.25) is 0 Å². The highest BCUT2D eigenvalue weighted by Crippen LogP contribution is 2.44. The standard InChI is InChI=1S/C22H25N5O2/c28-18(12-17-6-10-25-11-9-23-20(25)13-17)14-27-21(29)5-4-19(24-27)26-15-22(16-26)7-2-1-3-8-22/h4-6,9-11,13H,1-3,7-8,12,14-16H2. The minimum Gasteiger partial charge on any atom is -0.354 e. The van der Waals surface area contributed by atoms with Gasteiger partial charge >= 0.3 is 0 Å². The Morgan fingerprint density at radius 3 is 2.72 bits per heavy atom. The summed E-state index contributed by atoms with van der Waals surface area (Å²) in [7, 11) is 0. The lowest BCUT2D eigenvalue weighted by molar-refractivity contribution is -0.119. The second-order valence-electron chi connectivity index (χ2n) is 8.55. The number of hydrogen-bond donors (Lipinski definition) is 0. The Labute approximate surface area is 169 Å². The Morgan fingerprint density at radius 1 is 1.07 bits per heavy atom. The van der Waals surface area contributed by atoms with Crippen LogP contribution in [0.25, 0.3) is 5.65 Å². The van der Waals surface area contributed by atoms with Crippen LogP contribution in [0.5, 0.6) is 0 Å². The molecule has 1 saturated carbocycles. The Morgan fingerprint density at radius 2 is 1.90 bits per heavy atom. The molecule has 2 aliphatic rings. The lowest BCUT2D eigenvalue weighted by atomic mass is 9.69. The van der Waals surface area contributed by atoms with Crippen molar-refractivity contribution in [1.29, 1.82) is 0 Å². The van der Waals surface area contributed by atoms with Crippen molar-refractivity contribution in [1.82, 2.24) is 19.2 Å². The number of rotatable bonds is 5. The van der Waals surface area contributed by atoms with Crippen molar-refractivity contribution in [3.05, 3.63) is 58.8 Å². The molecule has 1 aliphatic carbocycles. The van der Waals surface area contributed by atoms with E-state index >= 15 is 0 Å². The minimum absolute atomic E-state index is 0.00865. The summed E-state index contributed by atoms with van der Waals surface area (Å²) in [4.78, 5) is 31.3. The number of imidazole rings is 1. The Balaban J connectivity index is 1.26. The van der Waals surface area contributed by atoms with E-state index in [1.807, 2.05) is 28.9 Å². The molecule has 0 atom stereocenters. The van der Waals surface area contributed by atoms with E-state index in [2.05, 4.69) is 15.0 Å². The maximum Gasteiger partial charge on any atom is 0.267 e. The van der Waals surface area contributed by atoms with Crippen molar-refractivity contribution in [3.8, 4) is 0 Å². The molecule has 4 heterocycles. The van der Waals surface area contributed by atoms with Gasteiger partial charge in [-0.3, -0.25) is 9.59 Å². The Kier molecular flexibility index (Phi) is 4.45. The highest BCUT2D eigenvalue weighted by Gasteiger charge is 2.43. The van der Waals surface area contributed by atoms with Crippen molar-refractivity contribution in [3.63, 3.8) is 0 Å². The van der Waals surface area contributed by atoms with E-state index in [0.29, 0.717) is 5.41 Å². The summed E-state index contributed by atoms with van der Waals surface area (Å²) in [5.41, 5.74) is 1.91. The fraction of sp³-hybridized carbons (Fsp3) is 0.455. The molecule has 3 aromatic rings. The lowest BCUT2D eigenvalue weighted by Gasteiger charge is -2.53. The number of nitrogens with zero attached hydrogens (tertiary/aromatic N) is 5. The third-order valence-electron chi connectivity index (χ3n) is 6.33. The fourth-order valence-corrected chi connectivity index (χ4v) is 4.78. The van der Waals surface area contributed by atoms with Crippen LogP contribution in [0.1, 0.15) is 37.7 Å². The first-order valence-electron chi connectivity index (χ1n) is 10.4. The van der Waals surface area contributed by atoms with E-state index < -0.39 is 0 Å². The zero-order chi connectivity index (χ0) is 19.8. The first-order valence-corrected chi connectivity index (χ1v) is 10.4. The van der Waals surface area contributed by atoms with Crippen LogP contribution < -0.4 is 10.5 Å². The van der Waals surface area contributed by atoms with E-state index in [1.54, 1.807) is 12.3 Å². The smallest absolute Gasteiger partial charge is 0.267 e. The normalized spacial score (nSPS) is 18.1. The first kappa shape index (κ1) is 18.1. The molecule has 29 heavy (non-hydrogen) atoms. The van der Waals surface area contributed by atoms with Crippen LogP contribution in [0.4, 0.5) is 5.82 Å². The van der Waals surface area contributed by atoms with E-state index in [0.717, 1.165) is 30.1 Å². The number of fused-ring (bicyclic) bond motifs is 1. The molecule has 2 fully saturated rings. The summed E-state index contributed by atoms with van der Waals surface area (Å²) in [6.45, 7) is 2.01. The zero-order valence-corrected chi connectivity index (χ0v) is 16.5. The van der Waals surface area contributed by atoms with Gasteiger partial charge in [0.1, 0.15) is 18.0 Å². The van der Waals surface area contributed by atoms with Crippen molar-refractivity contribution in [2.45, 2.75) is 45.1 Å². The van der Waals surface area contributed by atoms with Crippen molar-refractivity contribution < 1.29 is 4.79 Å². The number of hydrogen-bond acceptors (Lipinski definition) is 5. The van der Waals surface area contributed by atoms with Crippen LogP contribution in [0.15, 0.2) is 47.7 Å². The Hall–Kier alpha value is -2.96. The summed E-state index contributed by atoms with van der Waals surface area (Å²) >= 11 is 0. The molecule has 1 spiro atoms. The summed E-state index contributed by atoms with van der Waals surface area (Å²) < 4.78 is 3.20. The summed E-state index contributed by atoms with van der Waals surface area (Å²) in [5, 5.41) is 4.49. The van der Waals surface area contributed by atoms with Gasteiger partial charge in [0.15, 0.2) is 5.78 Å². The second kappa shape index (κ2) is 7.13. The maximum atomic E-state index is 12.6. The molecule has 7 heteroatoms. The molecule has 0 aromatic carbocycles. The topological polar surface area (TPSA) is 72.5 Å². The summed E-state index contributed by atoms with van der Waals surface area (Å²) in [6, 6.07) is 7.11. The van der Waals surface area contributed by atoms with E-state index in [-0.39, 0.29) is 24.3 Å². The SMILES string of the molecule is O=C(Cc1ccn2ccnc2c1)Cn1nc(N2CC3(CCCCC3)C2)ccc1=O. The zero-order valence-electron chi connectivity index (χ0n) is 16.5. The van der Waals surface area contributed by atoms with Gasteiger partial charge in [-0.2, -0.15) is 5.10 Å². The largest absolute Gasteiger partial charge is 0.354 e. The van der Waals surface area contributed by atoms with Gasteiger partial charge in [0.25, 0.3) is 5.56 Å². The van der Waals surface area contributed by atoms with Gasteiger partial charge in [-0.15, -0.1) is 0 Å². The molecule has 0 bridgehead atoms. The number of aromatic nitrogens is 4. The third-order valence-corrected chi connectivity index (χ3v) is 6.33. The van der Waals surface area contributed by atoms with Gasteiger partial charge in [0.05, 0.1) is 0 Å². The van der Waals surface area contributed by atoms with Crippen molar-refractivity contribution >= 4 is 17.2 Å². The van der Waals surface area contributed by atoms with Crippen molar-refractivity contribution in [2.75, 3.05) is 18.0 Å². The van der Waals surface area contributed by atoms with Gasteiger partial charge in [-0.05, 0) is 36.6 Å². The molecule has 7 nitrogen and oxygen atoms in total. The average Bonchev–Trinajstić information content (AvgIpc) is 3.16. The van der Waals surface area contributed by atoms with Gasteiger partial charge < -0.3 is 9.30 Å². The van der Waals surface area contributed by atoms with Crippen LogP contribution in [0.3, 0.4) is 0 Å². The first-order chi connectivity index (χ1) is 14.1. The van der Waals surface area contributed by atoms with E-state index in [4.69, 9.17) is 0 Å². The van der Waals surface area contributed by atoms with Crippen LogP contribution >= 0.6 is 0 Å². The lowest BCUT2D eigenvalue weighted by Crippen LogP contribution is -2.57. The molecule has 150 valence electrons. The van der Waals surface area contributed by atoms with Gasteiger partial charge in [0.2, 0.25) is 0 Å². The highest BCUT2D eigenvalue weighted by atomic mass is 16.1. The number of ketones is 1. The maximum absolute atomic E-state index is 12.6. The number of pyridine rings is 1. The van der Waals surface area contributed by atoms with E-state index in [9.17, 15) is 9.59 Å². The average molecular weight is 391 g/mol. The molecule has 0 amide bonds. The molecule has 1 aliphatic heterocycles. The van der Waals surface area contributed by atoms with Crippen molar-refractivity contribution in [2.24, 2.45) is 5.41 Å². The quantitative estimate of drug-likeness (QED) is 0.668. The van der Waals surface area contributed by atoms with Gasteiger partial charge in [0, 0.05) is 49.6 Å². The van der Waals surface area contributed by atoms with Crippen LogP contribution in [0, 0.1) is 5.41 Å². The molecule has 0 N–H and O–H groups in total. The molecule has 5 rings (SSSR count). The number of carbonyl (C=O) groups is 1. The monoisotopic (exact) mass is 391 g/mol. The van der Waals surface area contributed by atoms with Gasteiger partial charge in [-0.25, -0.2) is 9.67 Å². The molecule has 3 aromatic heterocycles. The van der Waals surface area contributed by atoms with Crippen LogP contribution in [-0.4, -0.2) is 38.0 Å². The number of anilines is 1. The number of Topliss-reactive ketones (excluding diaryl/α,β-unsaturated/α-hetero) is 1. The molecular weight excluding hydrogens is 366 g/mol. The number of carbonyl (C=O) groups excluding carboxylic acids is 1.